The predicted octanol–water partition coefficient (Wildman–Crippen LogP) is 0.0109. The first kappa shape index (κ1) is 17.1. The van der Waals surface area contributed by atoms with Crippen LogP contribution in [0.2, 0.25) is 0 Å². The molecule has 8 heteroatoms. The molecule has 2 N–H and O–H groups in total. The van der Waals surface area contributed by atoms with Gasteiger partial charge in [0.2, 0.25) is 10.0 Å². The average molecular weight is 315 g/mol. The van der Waals surface area contributed by atoms with Crippen molar-refractivity contribution in [3.05, 3.63) is 29.6 Å². The van der Waals surface area contributed by atoms with Gasteiger partial charge in [0.25, 0.3) is 0 Å². The smallest absolute Gasteiger partial charge is 0.321 e. The van der Waals surface area contributed by atoms with Crippen LogP contribution >= 0.6 is 0 Å². The fourth-order valence-corrected chi connectivity index (χ4v) is 2.33. The zero-order valence-corrected chi connectivity index (χ0v) is 12.0. The van der Waals surface area contributed by atoms with Crippen molar-refractivity contribution >= 4 is 16.0 Å². The first-order chi connectivity index (χ1) is 9.90. The van der Waals surface area contributed by atoms with E-state index in [0.29, 0.717) is 0 Å². The third kappa shape index (κ3) is 5.15. The molecule has 0 spiro atoms. The number of halogens is 1. The average Bonchev–Trinajstić information content (AvgIpc) is 2.44. The number of hydrogen-bond acceptors (Lipinski definition) is 5. The zero-order chi connectivity index (χ0) is 15.9. The van der Waals surface area contributed by atoms with Gasteiger partial charge in [-0.1, -0.05) is 11.8 Å². The van der Waals surface area contributed by atoms with Crippen LogP contribution in [0.5, 0.6) is 0 Å². The number of ether oxygens (including phenoxy) is 1. The second-order valence-electron chi connectivity index (χ2n) is 3.73. The van der Waals surface area contributed by atoms with Gasteiger partial charge in [-0.25, -0.2) is 12.8 Å². The number of carbonyl (C=O) groups excluding carboxylic acids is 1. The van der Waals surface area contributed by atoms with Crippen molar-refractivity contribution in [2.24, 2.45) is 0 Å². The third-order valence-electron chi connectivity index (χ3n) is 2.26. The Kier molecular flexibility index (Phi) is 6.30. The van der Waals surface area contributed by atoms with Crippen molar-refractivity contribution < 1.29 is 27.4 Å². The van der Waals surface area contributed by atoms with Gasteiger partial charge in [-0.15, -0.1) is 0 Å². The van der Waals surface area contributed by atoms with Gasteiger partial charge in [-0.3, -0.25) is 4.79 Å². The topological polar surface area (TPSA) is 92.7 Å². The summed E-state index contributed by atoms with van der Waals surface area (Å²) in [5, 5.41) is 8.52. The summed E-state index contributed by atoms with van der Waals surface area (Å²) in [6.07, 6.45) is 0. The molecule has 0 aliphatic rings. The summed E-state index contributed by atoms with van der Waals surface area (Å²) in [6, 6.07) is 3.11. The molecule has 1 aromatic carbocycles. The van der Waals surface area contributed by atoms with Gasteiger partial charge in [0.15, 0.2) is 0 Å². The molecule has 0 amide bonds. The van der Waals surface area contributed by atoms with Crippen molar-refractivity contribution in [2.75, 3.05) is 19.8 Å². The Balaban J connectivity index is 2.89. The number of carbonyl (C=O) groups is 1. The summed E-state index contributed by atoms with van der Waals surface area (Å²) >= 11 is 0. The zero-order valence-electron chi connectivity index (χ0n) is 11.2. The molecule has 1 aromatic rings. The number of rotatable bonds is 5. The molecule has 1 rings (SSSR count). The van der Waals surface area contributed by atoms with E-state index in [4.69, 9.17) is 5.11 Å². The third-order valence-corrected chi connectivity index (χ3v) is 3.66. The van der Waals surface area contributed by atoms with Crippen LogP contribution in [0.3, 0.4) is 0 Å². The lowest BCUT2D eigenvalue weighted by molar-refractivity contribution is -0.141. The lowest BCUT2D eigenvalue weighted by Crippen LogP contribution is -2.30. The van der Waals surface area contributed by atoms with E-state index in [1.165, 1.54) is 6.07 Å². The highest BCUT2D eigenvalue weighted by molar-refractivity contribution is 7.89. The van der Waals surface area contributed by atoms with Gasteiger partial charge in [-0.05, 0) is 25.1 Å². The van der Waals surface area contributed by atoms with Crippen LogP contribution in [0.4, 0.5) is 4.39 Å². The van der Waals surface area contributed by atoms with E-state index < -0.39 is 35.0 Å². The van der Waals surface area contributed by atoms with Crippen molar-refractivity contribution in [1.82, 2.24) is 4.72 Å². The van der Waals surface area contributed by atoms with E-state index in [2.05, 4.69) is 16.6 Å². The Labute approximate surface area is 122 Å². The molecule has 0 heterocycles. The Bertz CT molecular complexity index is 676. The highest BCUT2D eigenvalue weighted by atomic mass is 32.2. The maximum atomic E-state index is 13.7. The van der Waals surface area contributed by atoms with Crippen molar-refractivity contribution in [3.63, 3.8) is 0 Å². The lowest BCUT2D eigenvalue weighted by Gasteiger charge is -2.07. The predicted molar refractivity (Wildman–Crippen MR) is 72.2 cm³/mol. The normalized spacial score (nSPS) is 10.6. The fraction of sp³-hybridized carbons (Fsp3) is 0.308. The van der Waals surface area contributed by atoms with E-state index in [-0.39, 0.29) is 17.1 Å². The molecule has 114 valence electrons. The highest BCUT2D eigenvalue weighted by Crippen LogP contribution is 2.14. The lowest BCUT2D eigenvalue weighted by atomic mass is 10.2. The second-order valence-corrected chi connectivity index (χ2v) is 5.50. The van der Waals surface area contributed by atoms with Crippen LogP contribution < -0.4 is 4.72 Å². The Morgan fingerprint density at radius 1 is 1.48 bits per heavy atom. The van der Waals surface area contributed by atoms with E-state index in [1.54, 1.807) is 6.92 Å². The Morgan fingerprint density at radius 2 is 2.19 bits per heavy atom. The van der Waals surface area contributed by atoms with E-state index in [1.807, 2.05) is 4.72 Å². The minimum absolute atomic E-state index is 0.0339. The largest absolute Gasteiger partial charge is 0.465 e. The SMILES string of the molecule is CCOC(=O)CNS(=O)(=O)c1ccc(C#CCO)c(F)c1. The number of nitrogens with one attached hydrogen (secondary N) is 1. The first-order valence-corrected chi connectivity index (χ1v) is 7.43. The number of hydrogen-bond donors (Lipinski definition) is 2. The maximum Gasteiger partial charge on any atom is 0.321 e. The highest BCUT2D eigenvalue weighted by Gasteiger charge is 2.17. The summed E-state index contributed by atoms with van der Waals surface area (Å²) in [7, 11) is -4.02. The molecule has 6 nitrogen and oxygen atoms in total. The molecule has 0 aromatic heterocycles. The summed E-state index contributed by atoms with van der Waals surface area (Å²) in [6.45, 7) is 0.756. The molecule has 0 bridgehead atoms. The van der Waals surface area contributed by atoms with Gasteiger partial charge in [0.1, 0.15) is 19.0 Å². The molecule has 21 heavy (non-hydrogen) atoms. The summed E-state index contributed by atoms with van der Waals surface area (Å²) in [5.74, 6) is 3.03. The standard InChI is InChI=1S/C13H14FNO5S/c1-2-20-13(17)9-15-21(18,19)11-6-5-10(4-3-7-16)12(14)8-11/h5-6,8,15-16H,2,7,9H2,1H3. The van der Waals surface area contributed by atoms with Crippen molar-refractivity contribution in [1.29, 1.82) is 0 Å². The molecule has 0 fully saturated rings. The first-order valence-electron chi connectivity index (χ1n) is 5.95. The molecule has 0 radical (unpaired) electrons. The fourth-order valence-electron chi connectivity index (χ4n) is 1.35. The second kappa shape index (κ2) is 7.73. The van der Waals surface area contributed by atoms with Gasteiger partial charge in [0, 0.05) is 0 Å². The van der Waals surface area contributed by atoms with Gasteiger partial charge >= 0.3 is 5.97 Å². The molecular formula is C13H14FNO5S. The summed E-state index contributed by atoms with van der Waals surface area (Å²) in [5.41, 5.74) is -0.0339. The summed E-state index contributed by atoms with van der Waals surface area (Å²) in [4.78, 5) is 10.8. The number of benzene rings is 1. The number of aliphatic hydroxyl groups excluding tert-OH is 1. The quantitative estimate of drug-likeness (QED) is 0.590. The van der Waals surface area contributed by atoms with Crippen LogP contribution in [0.25, 0.3) is 0 Å². The molecule has 0 saturated heterocycles. The van der Waals surface area contributed by atoms with Crippen LogP contribution in [0.1, 0.15) is 12.5 Å². The molecular weight excluding hydrogens is 301 g/mol. The number of esters is 1. The number of sulfonamides is 1. The monoisotopic (exact) mass is 315 g/mol. The molecule has 0 unspecified atom stereocenters. The minimum Gasteiger partial charge on any atom is -0.465 e. The molecule has 0 atom stereocenters. The van der Waals surface area contributed by atoms with Crippen LogP contribution in [-0.2, 0) is 19.6 Å². The molecule has 0 saturated carbocycles. The summed E-state index contributed by atoms with van der Waals surface area (Å²) < 4.78 is 44.0. The van der Waals surface area contributed by atoms with Crippen LogP contribution in [-0.4, -0.2) is 39.3 Å². The Hall–Kier alpha value is -1.95. The van der Waals surface area contributed by atoms with Crippen molar-refractivity contribution in [3.8, 4) is 11.8 Å². The van der Waals surface area contributed by atoms with Gasteiger partial charge < -0.3 is 9.84 Å². The van der Waals surface area contributed by atoms with E-state index in [9.17, 15) is 17.6 Å². The molecule has 0 aliphatic heterocycles. The number of aliphatic hydroxyl groups is 1. The van der Waals surface area contributed by atoms with E-state index >= 15 is 0 Å². The Morgan fingerprint density at radius 3 is 2.76 bits per heavy atom. The van der Waals surface area contributed by atoms with Crippen LogP contribution in [0, 0.1) is 17.7 Å². The van der Waals surface area contributed by atoms with Gasteiger partial charge in [0.05, 0.1) is 17.1 Å². The minimum atomic E-state index is -4.02. The van der Waals surface area contributed by atoms with Gasteiger partial charge in [-0.2, -0.15) is 4.72 Å². The van der Waals surface area contributed by atoms with E-state index in [0.717, 1.165) is 12.1 Å². The van der Waals surface area contributed by atoms with Crippen LogP contribution in [0.15, 0.2) is 23.1 Å². The maximum absolute atomic E-state index is 13.7. The van der Waals surface area contributed by atoms with Crippen molar-refractivity contribution in [2.45, 2.75) is 11.8 Å². The molecule has 0 aliphatic carbocycles.